The van der Waals surface area contributed by atoms with Gasteiger partial charge in [0, 0.05) is 5.92 Å². The number of ether oxygens (including phenoxy) is 1. The molecule has 1 rings (SSSR count). The van der Waals surface area contributed by atoms with Crippen LogP contribution >= 0.6 is 0 Å². The summed E-state index contributed by atoms with van der Waals surface area (Å²) in [6, 6.07) is 4.43. The van der Waals surface area contributed by atoms with Crippen LogP contribution in [0.1, 0.15) is 37.0 Å². The molecular formula is C13H17FO2. The number of Topliss-reactive ketones (excluding diaryl/α,β-unsaturated/α-hetero) is 1. The molecule has 1 unspecified atom stereocenters. The highest BCUT2D eigenvalue weighted by Gasteiger charge is 2.21. The molecule has 0 N–H and O–H groups in total. The summed E-state index contributed by atoms with van der Waals surface area (Å²) in [4.78, 5) is 12.0. The van der Waals surface area contributed by atoms with Gasteiger partial charge in [-0.1, -0.05) is 26.3 Å². The van der Waals surface area contributed by atoms with Crippen molar-refractivity contribution in [3.63, 3.8) is 0 Å². The number of benzene rings is 1. The van der Waals surface area contributed by atoms with Crippen LogP contribution in [0.2, 0.25) is 0 Å². The van der Waals surface area contributed by atoms with Crippen LogP contribution in [0.4, 0.5) is 4.39 Å². The third-order valence-electron chi connectivity index (χ3n) is 2.61. The van der Waals surface area contributed by atoms with Gasteiger partial charge in [0.2, 0.25) is 0 Å². The Morgan fingerprint density at radius 2 is 2.19 bits per heavy atom. The molecule has 1 aromatic carbocycles. The van der Waals surface area contributed by atoms with E-state index in [1.165, 1.54) is 19.2 Å². The monoisotopic (exact) mass is 224 g/mol. The molecule has 0 radical (unpaired) electrons. The number of carbonyl (C=O) groups excluding carboxylic acids is 1. The first-order valence-corrected chi connectivity index (χ1v) is 5.48. The molecule has 0 amide bonds. The summed E-state index contributed by atoms with van der Waals surface area (Å²) < 4.78 is 18.6. The summed E-state index contributed by atoms with van der Waals surface area (Å²) in [5, 5.41) is 0. The van der Waals surface area contributed by atoms with Crippen LogP contribution in [0.3, 0.4) is 0 Å². The predicted molar refractivity (Wildman–Crippen MR) is 61.4 cm³/mol. The fraction of sp³-hybridized carbons (Fsp3) is 0.462. The van der Waals surface area contributed by atoms with Gasteiger partial charge in [-0.25, -0.2) is 4.39 Å². The molecule has 2 nitrogen and oxygen atoms in total. The normalized spacial score (nSPS) is 12.2. The van der Waals surface area contributed by atoms with Crippen LogP contribution < -0.4 is 4.74 Å². The van der Waals surface area contributed by atoms with E-state index in [9.17, 15) is 9.18 Å². The SMILES string of the molecule is CCCC(C)C(=O)c1c(F)cccc1OC. The summed E-state index contributed by atoms with van der Waals surface area (Å²) >= 11 is 0. The molecule has 0 fully saturated rings. The zero-order valence-electron chi connectivity index (χ0n) is 9.92. The molecule has 0 saturated heterocycles. The average molecular weight is 224 g/mol. The Bertz CT molecular complexity index is 374. The molecule has 0 saturated carbocycles. The molecule has 0 aliphatic carbocycles. The van der Waals surface area contributed by atoms with Crippen molar-refractivity contribution >= 4 is 5.78 Å². The van der Waals surface area contributed by atoms with Crippen LogP contribution in [0.25, 0.3) is 0 Å². The first-order chi connectivity index (χ1) is 7.61. The van der Waals surface area contributed by atoms with E-state index in [2.05, 4.69) is 0 Å². The summed E-state index contributed by atoms with van der Waals surface area (Å²) in [5.74, 6) is -0.548. The molecule has 1 aromatic rings. The van der Waals surface area contributed by atoms with E-state index >= 15 is 0 Å². The fourth-order valence-electron chi connectivity index (χ4n) is 1.72. The zero-order chi connectivity index (χ0) is 12.1. The molecule has 16 heavy (non-hydrogen) atoms. The third-order valence-corrected chi connectivity index (χ3v) is 2.61. The Hall–Kier alpha value is -1.38. The van der Waals surface area contributed by atoms with Gasteiger partial charge in [-0.2, -0.15) is 0 Å². The van der Waals surface area contributed by atoms with Crippen molar-refractivity contribution in [2.24, 2.45) is 5.92 Å². The Labute approximate surface area is 95.4 Å². The van der Waals surface area contributed by atoms with Gasteiger partial charge in [0.25, 0.3) is 0 Å². The van der Waals surface area contributed by atoms with Gasteiger partial charge in [-0.15, -0.1) is 0 Å². The van der Waals surface area contributed by atoms with E-state index in [4.69, 9.17) is 4.74 Å². The molecule has 0 bridgehead atoms. The highest BCUT2D eigenvalue weighted by molar-refractivity contribution is 6.00. The number of carbonyl (C=O) groups is 1. The second-order valence-electron chi connectivity index (χ2n) is 3.87. The van der Waals surface area contributed by atoms with Crippen LogP contribution in [0.15, 0.2) is 18.2 Å². The van der Waals surface area contributed by atoms with Gasteiger partial charge < -0.3 is 4.74 Å². The first-order valence-electron chi connectivity index (χ1n) is 5.48. The van der Waals surface area contributed by atoms with Crippen molar-refractivity contribution < 1.29 is 13.9 Å². The maximum absolute atomic E-state index is 13.6. The summed E-state index contributed by atoms with van der Waals surface area (Å²) in [6.45, 7) is 3.82. The third kappa shape index (κ3) is 2.60. The Kier molecular flexibility index (Phi) is 4.47. The lowest BCUT2D eigenvalue weighted by Crippen LogP contribution is -2.14. The van der Waals surface area contributed by atoms with E-state index in [1.807, 2.05) is 13.8 Å². The average Bonchev–Trinajstić information content (AvgIpc) is 2.28. The highest BCUT2D eigenvalue weighted by Crippen LogP contribution is 2.25. The smallest absolute Gasteiger partial charge is 0.172 e. The molecule has 0 spiro atoms. The molecule has 0 aromatic heterocycles. The summed E-state index contributed by atoms with van der Waals surface area (Å²) in [6.07, 6.45) is 1.67. The van der Waals surface area contributed by atoms with Gasteiger partial charge in [0.1, 0.15) is 11.6 Å². The topological polar surface area (TPSA) is 26.3 Å². The summed E-state index contributed by atoms with van der Waals surface area (Å²) in [5.41, 5.74) is 0.0750. The Morgan fingerprint density at radius 3 is 2.75 bits per heavy atom. The number of rotatable bonds is 5. The molecule has 0 aliphatic rings. The predicted octanol–water partition coefficient (Wildman–Crippen LogP) is 3.45. The maximum atomic E-state index is 13.6. The van der Waals surface area contributed by atoms with Gasteiger partial charge in [0.15, 0.2) is 5.78 Å². The quantitative estimate of drug-likeness (QED) is 0.716. The number of ketones is 1. The standard InChI is InChI=1S/C13H17FO2/c1-4-6-9(2)13(15)12-10(14)7-5-8-11(12)16-3/h5,7-9H,4,6H2,1-3H3. The van der Waals surface area contributed by atoms with E-state index in [-0.39, 0.29) is 17.3 Å². The molecule has 0 heterocycles. The largest absolute Gasteiger partial charge is 0.496 e. The molecule has 88 valence electrons. The van der Waals surface area contributed by atoms with Crippen molar-refractivity contribution in [3.05, 3.63) is 29.6 Å². The van der Waals surface area contributed by atoms with E-state index < -0.39 is 5.82 Å². The van der Waals surface area contributed by atoms with E-state index in [0.29, 0.717) is 5.75 Å². The molecular weight excluding hydrogens is 207 g/mol. The lowest BCUT2D eigenvalue weighted by atomic mass is 9.94. The first kappa shape index (κ1) is 12.7. The van der Waals surface area contributed by atoms with E-state index in [0.717, 1.165) is 12.8 Å². The molecule has 1 atom stereocenters. The Balaban J connectivity index is 3.06. The number of hydrogen-bond donors (Lipinski definition) is 0. The van der Waals surface area contributed by atoms with Crippen LogP contribution in [0, 0.1) is 11.7 Å². The van der Waals surface area contributed by atoms with Crippen molar-refractivity contribution in [2.45, 2.75) is 26.7 Å². The van der Waals surface area contributed by atoms with Crippen molar-refractivity contribution in [1.82, 2.24) is 0 Å². The van der Waals surface area contributed by atoms with Gasteiger partial charge >= 0.3 is 0 Å². The molecule has 0 aliphatic heterocycles. The maximum Gasteiger partial charge on any atom is 0.172 e. The van der Waals surface area contributed by atoms with Gasteiger partial charge in [-0.05, 0) is 18.6 Å². The highest BCUT2D eigenvalue weighted by atomic mass is 19.1. The van der Waals surface area contributed by atoms with Crippen LogP contribution in [0.5, 0.6) is 5.75 Å². The van der Waals surface area contributed by atoms with Crippen LogP contribution in [-0.2, 0) is 0 Å². The summed E-state index contributed by atoms with van der Waals surface area (Å²) in [7, 11) is 1.44. The second kappa shape index (κ2) is 5.64. The van der Waals surface area contributed by atoms with Crippen molar-refractivity contribution in [1.29, 1.82) is 0 Å². The van der Waals surface area contributed by atoms with Gasteiger partial charge in [0.05, 0.1) is 12.7 Å². The Morgan fingerprint density at radius 1 is 1.50 bits per heavy atom. The minimum atomic E-state index is -0.507. The number of halogens is 1. The minimum Gasteiger partial charge on any atom is -0.496 e. The minimum absolute atomic E-state index is 0.0750. The lowest BCUT2D eigenvalue weighted by molar-refractivity contribution is 0.0916. The van der Waals surface area contributed by atoms with E-state index in [1.54, 1.807) is 6.07 Å². The number of hydrogen-bond acceptors (Lipinski definition) is 2. The second-order valence-corrected chi connectivity index (χ2v) is 3.87. The lowest BCUT2D eigenvalue weighted by Gasteiger charge is -2.12. The van der Waals surface area contributed by atoms with Crippen LogP contribution in [-0.4, -0.2) is 12.9 Å². The fourth-order valence-corrected chi connectivity index (χ4v) is 1.72. The number of methoxy groups -OCH3 is 1. The zero-order valence-corrected chi connectivity index (χ0v) is 9.92. The van der Waals surface area contributed by atoms with Crippen molar-refractivity contribution in [2.75, 3.05) is 7.11 Å². The molecule has 3 heteroatoms. The van der Waals surface area contributed by atoms with Gasteiger partial charge in [-0.3, -0.25) is 4.79 Å². The van der Waals surface area contributed by atoms with Crippen molar-refractivity contribution in [3.8, 4) is 5.75 Å².